The largest absolute Gasteiger partial charge is 0.573 e. The predicted molar refractivity (Wildman–Crippen MR) is 51.4 cm³/mol. The van der Waals surface area contributed by atoms with Crippen molar-refractivity contribution in [2.45, 2.75) is 6.36 Å². The minimum Gasteiger partial charge on any atom is -0.465 e. The Morgan fingerprint density at radius 1 is 1.56 bits per heavy atom. The van der Waals surface area contributed by atoms with Gasteiger partial charge in [0.15, 0.2) is 11.4 Å². The summed E-state index contributed by atoms with van der Waals surface area (Å²) in [6.45, 7) is 0. The van der Waals surface area contributed by atoms with E-state index in [2.05, 4.69) is 14.5 Å². The number of nitrogens with two attached hydrogens (primary N) is 1. The average Bonchev–Trinajstić information content (AvgIpc) is 2.29. The van der Waals surface area contributed by atoms with Crippen LogP contribution in [-0.4, -0.2) is 24.4 Å². The fraction of sp³-hybridized carbons (Fsp3) is 0.222. The molecular weight excluding hydrogens is 255 g/mol. The number of pyridine rings is 1. The van der Waals surface area contributed by atoms with Crippen LogP contribution in [0.5, 0.6) is 5.75 Å². The maximum Gasteiger partial charge on any atom is 0.573 e. The van der Waals surface area contributed by atoms with Crippen molar-refractivity contribution in [3.8, 4) is 11.8 Å². The fourth-order valence-electron chi connectivity index (χ4n) is 1.08. The summed E-state index contributed by atoms with van der Waals surface area (Å²) in [5.41, 5.74) is 3.49. The molecule has 0 radical (unpaired) electrons. The standard InChI is InChI=1S/C9H6F3N3O3/c1-17-8(16)4-3-15-5(2-13)6(14)7(4)18-9(10,11)12/h3H,14H2,1H3. The summed E-state index contributed by atoms with van der Waals surface area (Å²) in [6, 6.07) is 1.47. The molecule has 96 valence electrons. The molecule has 0 spiro atoms. The third kappa shape index (κ3) is 2.79. The number of nitriles is 1. The van der Waals surface area contributed by atoms with E-state index in [4.69, 9.17) is 11.0 Å². The molecule has 0 aliphatic heterocycles. The number of nitrogen functional groups attached to an aromatic ring is 1. The van der Waals surface area contributed by atoms with Crippen molar-refractivity contribution in [3.63, 3.8) is 0 Å². The van der Waals surface area contributed by atoms with Gasteiger partial charge < -0.3 is 15.2 Å². The molecule has 2 N–H and O–H groups in total. The van der Waals surface area contributed by atoms with Crippen LogP contribution in [-0.2, 0) is 4.74 Å². The third-order valence-electron chi connectivity index (χ3n) is 1.80. The molecule has 0 bridgehead atoms. The summed E-state index contributed by atoms with van der Waals surface area (Å²) >= 11 is 0. The van der Waals surface area contributed by atoms with Crippen LogP contribution >= 0.6 is 0 Å². The van der Waals surface area contributed by atoms with Crippen molar-refractivity contribution < 1.29 is 27.4 Å². The maximum absolute atomic E-state index is 12.2. The number of rotatable bonds is 2. The van der Waals surface area contributed by atoms with Gasteiger partial charge in [0.25, 0.3) is 0 Å². The summed E-state index contributed by atoms with van der Waals surface area (Å²) in [7, 11) is 0.966. The van der Waals surface area contributed by atoms with Gasteiger partial charge in [0.05, 0.1) is 7.11 Å². The Kier molecular flexibility index (Phi) is 3.61. The van der Waals surface area contributed by atoms with Gasteiger partial charge in [-0.25, -0.2) is 9.78 Å². The highest BCUT2D eigenvalue weighted by molar-refractivity contribution is 5.94. The second kappa shape index (κ2) is 4.79. The molecule has 0 amide bonds. The lowest BCUT2D eigenvalue weighted by atomic mass is 10.2. The van der Waals surface area contributed by atoms with Crippen LogP contribution in [0.4, 0.5) is 18.9 Å². The number of methoxy groups -OCH3 is 1. The third-order valence-corrected chi connectivity index (χ3v) is 1.80. The highest BCUT2D eigenvalue weighted by Gasteiger charge is 2.35. The number of anilines is 1. The molecule has 0 aliphatic rings. The van der Waals surface area contributed by atoms with E-state index in [1.54, 1.807) is 0 Å². The summed E-state index contributed by atoms with van der Waals surface area (Å²) in [4.78, 5) is 14.6. The Labute approximate surface area is 98.7 Å². The molecule has 1 heterocycles. The van der Waals surface area contributed by atoms with Crippen molar-refractivity contribution in [2.75, 3.05) is 12.8 Å². The van der Waals surface area contributed by atoms with Gasteiger partial charge in [-0.1, -0.05) is 0 Å². The molecule has 18 heavy (non-hydrogen) atoms. The first-order valence-corrected chi connectivity index (χ1v) is 4.32. The van der Waals surface area contributed by atoms with Crippen LogP contribution in [0.3, 0.4) is 0 Å². The number of aromatic nitrogens is 1. The number of alkyl halides is 3. The zero-order chi connectivity index (χ0) is 13.9. The number of ether oxygens (including phenoxy) is 2. The second-order valence-electron chi connectivity index (χ2n) is 2.91. The van der Waals surface area contributed by atoms with E-state index in [-0.39, 0.29) is 0 Å². The van der Waals surface area contributed by atoms with Gasteiger partial charge in [-0.3, -0.25) is 0 Å². The molecule has 9 heteroatoms. The molecule has 0 atom stereocenters. The minimum absolute atomic E-state index is 0.484. The van der Waals surface area contributed by atoms with Crippen molar-refractivity contribution in [1.82, 2.24) is 4.98 Å². The molecule has 0 fully saturated rings. The number of hydrogen-bond donors (Lipinski definition) is 1. The average molecular weight is 261 g/mol. The molecule has 6 nitrogen and oxygen atoms in total. The van der Waals surface area contributed by atoms with Crippen LogP contribution in [0.25, 0.3) is 0 Å². The number of halogens is 3. The highest BCUT2D eigenvalue weighted by Crippen LogP contribution is 2.33. The number of nitrogens with zero attached hydrogens (tertiary/aromatic N) is 2. The first-order valence-electron chi connectivity index (χ1n) is 4.32. The van der Waals surface area contributed by atoms with Gasteiger partial charge >= 0.3 is 12.3 Å². The van der Waals surface area contributed by atoms with Crippen LogP contribution < -0.4 is 10.5 Å². The van der Waals surface area contributed by atoms with Crippen molar-refractivity contribution in [2.24, 2.45) is 0 Å². The zero-order valence-corrected chi connectivity index (χ0v) is 8.91. The summed E-state index contributed by atoms with van der Waals surface area (Å²) in [6.07, 6.45) is -4.34. The Balaban J connectivity index is 3.41. The van der Waals surface area contributed by atoms with Crippen LogP contribution in [0.1, 0.15) is 16.1 Å². The topological polar surface area (TPSA) is 98.2 Å². The second-order valence-corrected chi connectivity index (χ2v) is 2.91. The molecule has 0 saturated carbocycles. The first-order chi connectivity index (χ1) is 8.30. The molecular formula is C9H6F3N3O3. The smallest absolute Gasteiger partial charge is 0.465 e. The quantitative estimate of drug-likeness (QED) is 0.803. The molecule has 0 aliphatic carbocycles. The summed E-state index contributed by atoms with van der Waals surface area (Å²) in [5, 5.41) is 8.58. The van der Waals surface area contributed by atoms with Crippen molar-refractivity contribution >= 4 is 11.7 Å². The molecule has 0 aromatic carbocycles. The van der Waals surface area contributed by atoms with Gasteiger partial charge in [0, 0.05) is 6.20 Å². The molecule has 0 saturated heterocycles. The molecule has 1 rings (SSSR count). The lowest BCUT2D eigenvalue weighted by molar-refractivity contribution is -0.274. The highest BCUT2D eigenvalue weighted by atomic mass is 19.4. The number of esters is 1. The van der Waals surface area contributed by atoms with E-state index in [1.165, 1.54) is 6.07 Å². The first kappa shape index (κ1) is 13.6. The predicted octanol–water partition coefficient (Wildman–Crippen LogP) is 1.22. The van der Waals surface area contributed by atoms with E-state index in [0.717, 1.165) is 13.3 Å². The van der Waals surface area contributed by atoms with Gasteiger partial charge in [-0.15, -0.1) is 13.2 Å². The monoisotopic (exact) mass is 261 g/mol. The van der Waals surface area contributed by atoms with Crippen molar-refractivity contribution in [3.05, 3.63) is 17.5 Å². The fourth-order valence-corrected chi connectivity index (χ4v) is 1.08. The lowest BCUT2D eigenvalue weighted by Gasteiger charge is -2.14. The zero-order valence-electron chi connectivity index (χ0n) is 8.91. The van der Waals surface area contributed by atoms with Gasteiger partial charge in [-0.05, 0) is 0 Å². The Morgan fingerprint density at radius 2 is 2.17 bits per heavy atom. The normalized spacial score (nSPS) is 10.6. The number of carbonyl (C=O) groups excluding carboxylic acids is 1. The Hall–Kier alpha value is -2.50. The van der Waals surface area contributed by atoms with Crippen LogP contribution in [0.2, 0.25) is 0 Å². The summed E-state index contributed by atoms with van der Waals surface area (Å²) < 4.78 is 44.4. The number of hydrogen-bond acceptors (Lipinski definition) is 6. The van der Waals surface area contributed by atoms with Crippen molar-refractivity contribution in [1.29, 1.82) is 5.26 Å². The van der Waals surface area contributed by atoms with E-state index < -0.39 is 35.0 Å². The van der Waals surface area contributed by atoms with Gasteiger partial charge in [0.1, 0.15) is 17.3 Å². The van der Waals surface area contributed by atoms with Crippen LogP contribution in [0, 0.1) is 11.3 Å². The summed E-state index contributed by atoms with van der Waals surface area (Å²) in [5.74, 6) is -2.11. The Bertz CT molecular complexity index is 522. The van der Waals surface area contributed by atoms with Gasteiger partial charge in [-0.2, -0.15) is 5.26 Å². The van der Waals surface area contributed by atoms with E-state index in [0.29, 0.717) is 0 Å². The Morgan fingerprint density at radius 3 is 2.61 bits per heavy atom. The molecule has 1 aromatic rings. The number of carbonyl (C=O) groups is 1. The van der Waals surface area contributed by atoms with Crippen LogP contribution in [0.15, 0.2) is 6.20 Å². The van der Waals surface area contributed by atoms with E-state index >= 15 is 0 Å². The van der Waals surface area contributed by atoms with Gasteiger partial charge in [0.2, 0.25) is 0 Å². The SMILES string of the molecule is COC(=O)c1cnc(C#N)c(N)c1OC(F)(F)F. The van der Waals surface area contributed by atoms with E-state index in [1.807, 2.05) is 0 Å². The lowest BCUT2D eigenvalue weighted by Crippen LogP contribution is -2.21. The molecule has 1 aromatic heterocycles. The maximum atomic E-state index is 12.2. The van der Waals surface area contributed by atoms with E-state index in [9.17, 15) is 18.0 Å². The minimum atomic E-state index is -5.06. The molecule has 0 unspecified atom stereocenters.